The van der Waals surface area contributed by atoms with E-state index in [4.69, 9.17) is 11.6 Å². The summed E-state index contributed by atoms with van der Waals surface area (Å²) in [4.78, 5) is 38.3. The summed E-state index contributed by atoms with van der Waals surface area (Å²) in [5, 5.41) is 0.637. The van der Waals surface area contributed by atoms with Gasteiger partial charge in [0.05, 0.1) is 12.1 Å². The molecular formula is C22H21ClN4O2. The van der Waals surface area contributed by atoms with Crippen LogP contribution in [0, 0.1) is 0 Å². The van der Waals surface area contributed by atoms with Crippen molar-refractivity contribution < 1.29 is 4.79 Å². The van der Waals surface area contributed by atoms with Crippen LogP contribution < -0.4 is 5.56 Å². The number of likely N-dealkylation sites (tertiary alicyclic amines) is 1. The Morgan fingerprint density at radius 3 is 2.69 bits per heavy atom. The van der Waals surface area contributed by atoms with Crippen LogP contribution in [-0.2, 0) is 11.2 Å². The highest BCUT2D eigenvalue weighted by molar-refractivity contribution is 6.30. The number of benzene rings is 1. The van der Waals surface area contributed by atoms with Crippen molar-refractivity contribution in [3.8, 4) is 11.5 Å². The summed E-state index contributed by atoms with van der Waals surface area (Å²) in [7, 11) is 0. The minimum absolute atomic E-state index is 0.0961. The molecule has 6 nitrogen and oxygen atoms in total. The summed E-state index contributed by atoms with van der Waals surface area (Å²) in [6, 6.07) is 14.4. The first-order valence-electron chi connectivity index (χ1n) is 9.63. The number of aromatic nitrogens is 3. The van der Waals surface area contributed by atoms with Crippen LogP contribution in [0.15, 0.2) is 59.5 Å². The van der Waals surface area contributed by atoms with Crippen LogP contribution in [0.25, 0.3) is 11.5 Å². The third-order valence-corrected chi connectivity index (χ3v) is 5.41. The van der Waals surface area contributed by atoms with Crippen LogP contribution in [0.5, 0.6) is 0 Å². The molecule has 0 aliphatic carbocycles. The predicted octanol–water partition coefficient (Wildman–Crippen LogP) is 3.43. The molecule has 29 heavy (non-hydrogen) atoms. The molecule has 1 saturated heterocycles. The molecule has 0 bridgehead atoms. The van der Waals surface area contributed by atoms with Gasteiger partial charge in [-0.2, -0.15) is 0 Å². The maximum absolute atomic E-state index is 12.6. The van der Waals surface area contributed by atoms with Gasteiger partial charge < -0.3 is 9.88 Å². The number of nitrogens with one attached hydrogen (secondary N) is 1. The van der Waals surface area contributed by atoms with E-state index in [0.717, 1.165) is 24.1 Å². The van der Waals surface area contributed by atoms with Gasteiger partial charge in [0.1, 0.15) is 5.69 Å². The molecule has 3 aromatic rings. The molecule has 1 fully saturated rings. The molecule has 0 radical (unpaired) electrons. The zero-order valence-electron chi connectivity index (χ0n) is 15.8. The molecule has 7 heteroatoms. The lowest BCUT2D eigenvalue weighted by atomic mass is 9.93. The number of carbonyl (C=O) groups is 1. The minimum Gasteiger partial charge on any atom is -0.342 e. The molecule has 0 spiro atoms. The molecule has 3 heterocycles. The summed E-state index contributed by atoms with van der Waals surface area (Å²) >= 11 is 6.01. The Morgan fingerprint density at radius 1 is 1.14 bits per heavy atom. The van der Waals surface area contributed by atoms with Gasteiger partial charge >= 0.3 is 0 Å². The molecule has 0 saturated carbocycles. The molecule has 0 atom stereocenters. The van der Waals surface area contributed by atoms with Gasteiger partial charge in [-0.15, -0.1) is 0 Å². The number of nitrogens with zero attached hydrogens (tertiary/aromatic N) is 3. The second-order valence-corrected chi connectivity index (χ2v) is 7.63. The average Bonchev–Trinajstić information content (AvgIpc) is 2.74. The Hall–Kier alpha value is -2.99. The van der Waals surface area contributed by atoms with E-state index in [1.165, 1.54) is 0 Å². The standard InChI is InChI=1S/C22H21ClN4O2/c23-17-5-3-4-15(12-17)13-21(29)27-10-7-16(8-11-27)19-14-20(28)26-22(25-19)18-6-1-2-9-24-18/h1-6,9,12,14,16H,7-8,10-11,13H2,(H,25,26,28). The summed E-state index contributed by atoms with van der Waals surface area (Å²) in [5.74, 6) is 0.723. The van der Waals surface area contributed by atoms with Crippen LogP contribution in [0.3, 0.4) is 0 Å². The van der Waals surface area contributed by atoms with Crippen molar-refractivity contribution in [1.29, 1.82) is 0 Å². The highest BCUT2D eigenvalue weighted by atomic mass is 35.5. The predicted molar refractivity (Wildman–Crippen MR) is 112 cm³/mol. The second-order valence-electron chi connectivity index (χ2n) is 7.20. The van der Waals surface area contributed by atoms with Gasteiger partial charge in [-0.3, -0.25) is 14.6 Å². The first-order valence-corrected chi connectivity index (χ1v) is 10.0. The zero-order valence-corrected chi connectivity index (χ0v) is 16.6. The van der Waals surface area contributed by atoms with Gasteiger partial charge in [-0.05, 0) is 42.7 Å². The van der Waals surface area contributed by atoms with E-state index in [9.17, 15) is 9.59 Å². The molecule has 1 aromatic carbocycles. The lowest BCUT2D eigenvalue weighted by molar-refractivity contribution is -0.131. The van der Waals surface area contributed by atoms with Crippen molar-refractivity contribution in [3.05, 3.63) is 81.4 Å². The van der Waals surface area contributed by atoms with Gasteiger partial charge in [0, 0.05) is 36.3 Å². The van der Waals surface area contributed by atoms with E-state index in [0.29, 0.717) is 36.1 Å². The molecule has 1 aliphatic rings. The van der Waals surface area contributed by atoms with E-state index in [2.05, 4.69) is 15.0 Å². The lowest BCUT2D eigenvalue weighted by Gasteiger charge is -2.32. The topological polar surface area (TPSA) is 79.0 Å². The number of pyridine rings is 1. The van der Waals surface area contributed by atoms with Crippen LogP contribution in [-0.4, -0.2) is 38.8 Å². The van der Waals surface area contributed by atoms with Gasteiger partial charge in [-0.25, -0.2) is 4.98 Å². The maximum atomic E-state index is 12.6. The molecule has 4 rings (SSSR count). The maximum Gasteiger partial charge on any atom is 0.251 e. The number of piperidine rings is 1. The van der Waals surface area contributed by atoms with E-state index in [1.54, 1.807) is 18.3 Å². The van der Waals surface area contributed by atoms with Crippen molar-refractivity contribution in [2.75, 3.05) is 13.1 Å². The monoisotopic (exact) mass is 408 g/mol. The largest absolute Gasteiger partial charge is 0.342 e. The van der Waals surface area contributed by atoms with E-state index >= 15 is 0 Å². The molecule has 1 N–H and O–H groups in total. The fourth-order valence-electron chi connectivity index (χ4n) is 3.67. The molecule has 2 aromatic heterocycles. The quantitative estimate of drug-likeness (QED) is 0.717. The number of hydrogen-bond acceptors (Lipinski definition) is 4. The summed E-state index contributed by atoms with van der Waals surface area (Å²) in [5.41, 5.74) is 2.13. The highest BCUT2D eigenvalue weighted by Crippen LogP contribution is 2.27. The smallest absolute Gasteiger partial charge is 0.251 e. The number of hydrogen-bond donors (Lipinski definition) is 1. The van der Waals surface area contributed by atoms with Crippen molar-refractivity contribution in [2.45, 2.75) is 25.2 Å². The minimum atomic E-state index is -0.185. The SMILES string of the molecule is O=C(Cc1cccc(Cl)c1)N1CCC(c2cc(=O)[nH]c(-c3ccccn3)n2)CC1. The first-order chi connectivity index (χ1) is 14.1. The fourth-order valence-corrected chi connectivity index (χ4v) is 3.88. The number of rotatable bonds is 4. The average molecular weight is 409 g/mol. The van der Waals surface area contributed by atoms with E-state index in [1.807, 2.05) is 41.3 Å². The van der Waals surface area contributed by atoms with Gasteiger partial charge in [0.25, 0.3) is 5.56 Å². The molecule has 0 unspecified atom stereocenters. The van der Waals surface area contributed by atoms with Crippen LogP contribution in [0.2, 0.25) is 5.02 Å². The van der Waals surface area contributed by atoms with Crippen molar-refractivity contribution in [1.82, 2.24) is 19.9 Å². The second kappa shape index (κ2) is 8.57. The van der Waals surface area contributed by atoms with Gasteiger partial charge in [0.2, 0.25) is 5.91 Å². The van der Waals surface area contributed by atoms with Crippen LogP contribution in [0.1, 0.15) is 30.0 Å². The lowest BCUT2D eigenvalue weighted by Crippen LogP contribution is -2.39. The number of H-pyrrole nitrogens is 1. The number of carbonyl (C=O) groups excluding carboxylic acids is 1. The number of halogens is 1. The highest BCUT2D eigenvalue weighted by Gasteiger charge is 2.25. The third-order valence-electron chi connectivity index (χ3n) is 5.18. The summed E-state index contributed by atoms with van der Waals surface area (Å²) in [6.07, 6.45) is 3.57. The van der Waals surface area contributed by atoms with Crippen molar-refractivity contribution in [3.63, 3.8) is 0 Å². The molecular weight excluding hydrogens is 388 g/mol. The Morgan fingerprint density at radius 2 is 1.97 bits per heavy atom. The zero-order chi connectivity index (χ0) is 20.2. The third kappa shape index (κ3) is 4.71. The molecule has 1 aliphatic heterocycles. The van der Waals surface area contributed by atoms with E-state index < -0.39 is 0 Å². The summed E-state index contributed by atoms with van der Waals surface area (Å²) < 4.78 is 0. The Kier molecular flexibility index (Phi) is 5.71. The summed E-state index contributed by atoms with van der Waals surface area (Å²) in [6.45, 7) is 1.30. The number of aromatic amines is 1. The Balaban J connectivity index is 1.42. The van der Waals surface area contributed by atoms with Crippen molar-refractivity contribution in [2.24, 2.45) is 0 Å². The van der Waals surface area contributed by atoms with Crippen LogP contribution >= 0.6 is 11.6 Å². The molecule has 1 amide bonds. The Labute approximate surface area is 173 Å². The van der Waals surface area contributed by atoms with Crippen LogP contribution in [0.4, 0.5) is 0 Å². The van der Waals surface area contributed by atoms with Crippen molar-refractivity contribution >= 4 is 17.5 Å². The Bertz CT molecular complexity index is 1060. The van der Waals surface area contributed by atoms with E-state index in [-0.39, 0.29) is 17.4 Å². The normalized spacial score (nSPS) is 14.7. The first kappa shape index (κ1) is 19.3. The van der Waals surface area contributed by atoms with Gasteiger partial charge in [0.15, 0.2) is 5.82 Å². The molecule has 148 valence electrons. The fraction of sp³-hybridized carbons (Fsp3) is 0.273. The number of amides is 1. The van der Waals surface area contributed by atoms with Gasteiger partial charge in [-0.1, -0.05) is 29.8 Å².